The summed E-state index contributed by atoms with van der Waals surface area (Å²) in [5.41, 5.74) is 1.39. The smallest absolute Gasteiger partial charge is 0.0723 e. The van der Waals surface area contributed by atoms with E-state index < -0.39 is 0 Å². The minimum Gasteiger partial charge on any atom is -0.389 e. The molecule has 0 radical (unpaired) electrons. The van der Waals surface area contributed by atoms with Crippen LogP contribution >= 0.6 is 27.3 Å². The topological polar surface area (TPSA) is 20.2 Å². The molecule has 1 unspecified atom stereocenters. The maximum Gasteiger partial charge on any atom is 0.0723 e. The molecule has 1 atom stereocenters. The summed E-state index contributed by atoms with van der Waals surface area (Å²) < 4.78 is 1.16. The lowest BCUT2D eigenvalue weighted by Crippen LogP contribution is -2.09. The van der Waals surface area contributed by atoms with Gasteiger partial charge in [-0.3, -0.25) is 0 Å². The molecule has 0 amide bonds. The molecular weight excluding hydrogens is 260 g/mol. The predicted molar refractivity (Wildman–Crippen MR) is 63.7 cm³/mol. The second kappa shape index (κ2) is 4.60. The van der Waals surface area contributed by atoms with Gasteiger partial charge in [0.15, 0.2) is 0 Å². The molecule has 76 valence electrons. The average Bonchev–Trinajstić information content (AvgIpc) is 2.51. The lowest BCUT2D eigenvalue weighted by atomic mass is 9.95. The van der Waals surface area contributed by atoms with E-state index in [-0.39, 0.29) is 6.10 Å². The van der Waals surface area contributed by atoms with Crippen molar-refractivity contribution in [3.8, 4) is 0 Å². The Kier molecular flexibility index (Phi) is 3.42. The Hall–Kier alpha value is -0.120. The molecule has 3 heteroatoms. The molecule has 1 aromatic rings. The van der Waals surface area contributed by atoms with Crippen LogP contribution in [-0.4, -0.2) is 11.2 Å². The molecule has 1 heterocycles. The number of hydrogen-bond donors (Lipinski definition) is 1. The predicted octanol–water partition coefficient (Wildman–Crippen LogP) is 3.52. The second-order valence-electron chi connectivity index (χ2n) is 3.69. The monoisotopic (exact) mass is 272 g/mol. The van der Waals surface area contributed by atoms with Crippen LogP contribution in [0, 0.1) is 0 Å². The van der Waals surface area contributed by atoms with Crippen LogP contribution in [0.4, 0.5) is 0 Å². The van der Waals surface area contributed by atoms with Crippen LogP contribution in [0.5, 0.6) is 0 Å². The van der Waals surface area contributed by atoms with Crippen molar-refractivity contribution in [2.75, 3.05) is 0 Å². The van der Waals surface area contributed by atoms with Crippen molar-refractivity contribution >= 4 is 27.3 Å². The molecule has 0 spiro atoms. The summed E-state index contributed by atoms with van der Waals surface area (Å²) in [5.74, 6) is 0. The third-order valence-corrected chi connectivity index (χ3v) is 4.15. The van der Waals surface area contributed by atoms with Crippen LogP contribution in [0.15, 0.2) is 27.6 Å². The summed E-state index contributed by atoms with van der Waals surface area (Å²) in [4.78, 5) is 1.37. The highest BCUT2D eigenvalue weighted by atomic mass is 79.9. The van der Waals surface area contributed by atoms with Crippen molar-refractivity contribution in [2.24, 2.45) is 0 Å². The summed E-state index contributed by atoms with van der Waals surface area (Å²) in [6, 6.07) is 2.16. The second-order valence-corrected chi connectivity index (χ2v) is 5.60. The molecule has 1 aromatic heterocycles. The molecule has 1 N–H and O–H groups in total. The maximum atomic E-state index is 9.48. The molecular formula is C11H13BrOS. The highest BCUT2D eigenvalue weighted by Crippen LogP contribution is 2.26. The first-order valence-electron chi connectivity index (χ1n) is 4.84. The van der Waals surface area contributed by atoms with Gasteiger partial charge in [0.1, 0.15) is 0 Å². The van der Waals surface area contributed by atoms with E-state index >= 15 is 0 Å². The fraction of sp³-hybridized carbons (Fsp3) is 0.455. The Morgan fingerprint density at radius 1 is 1.57 bits per heavy atom. The molecule has 0 saturated heterocycles. The summed E-state index contributed by atoms with van der Waals surface area (Å²) >= 11 is 5.23. The Balaban J connectivity index is 2.03. The van der Waals surface area contributed by atoms with E-state index in [1.807, 2.05) is 6.08 Å². The van der Waals surface area contributed by atoms with E-state index in [4.69, 9.17) is 0 Å². The van der Waals surface area contributed by atoms with Gasteiger partial charge in [0, 0.05) is 21.2 Å². The van der Waals surface area contributed by atoms with Gasteiger partial charge in [-0.25, -0.2) is 0 Å². The van der Waals surface area contributed by atoms with Crippen molar-refractivity contribution in [3.63, 3.8) is 0 Å². The zero-order chi connectivity index (χ0) is 9.97. The normalized spacial score (nSPS) is 22.1. The minimum absolute atomic E-state index is 0.206. The van der Waals surface area contributed by atoms with Gasteiger partial charge >= 0.3 is 0 Å². The van der Waals surface area contributed by atoms with Gasteiger partial charge in [-0.2, -0.15) is 0 Å². The Morgan fingerprint density at radius 2 is 2.43 bits per heavy atom. The van der Waals surface area contributed by atoms with Crippen molar-refractivity contribution in [1.82, 2.24) is 0 Å². The quantitative estimate of drug-likeness (QED) is 0.817. The van der Waals surface area contributed by atoms with Gasteiger partial charge in [-0.15, -0.1) is 11.3 Å². The maximum absolute atomic E-state index is 9.48. The van der Waals surface area contributed by atoms with E-state index in [0.717, 1.165) is 30.2 Å². The molecule has 14 heavy (non-hydrogen) atoms. The molecule has 0 bridgehead atoms. The van der Waals surface area contributed by atoms with E-state index in [1.54, 1.807) is 11.3 Å². The fourth-order valence-corrected chi connectivity index (χ4v) is 3.30. The Morgan fingerprint density at radius 3 is 3.07 bits per heavy atom. The first-order chi connectivity index (χ1) is 6.74. The number of thiophene rings is 1. The van der Waals surface area contributed by atoms with Gasteiger partial charge in [0.25, 0.3) is 0 Å². The van der Waals surface area contributed by atoms with E-state index in [0.29, 0.717) is 0 Å². The minimum atomic E-state index is -0.206. The Bertz CT molecular complexity index is 343. The fourth-order valence-electron chi connectivity index (χ4n) is 1.79. The average molecular weight is 273 g/mol. The van der Waals surface area contributed by atoms with E-state index in [9.17, 15) is 5.11 Å². The lowest BCUT2D eigenvalue weighted by Gasteiger charge is -2.16. The molecule has 1 nitrogen and oxygen atoms in total. The first kappa shape index (κ1) is 10.4. The standard InChI is InChI=1S/C11H13BrOS/c12-9-6-11(14-7-9)5-8-2-1-3-10(13)4-8/h4,6-7,10,13H,1-3,5H2. The first-order valence-corrected chi connectivity index (χ1v) is 6.52. The molecule has 0 aliphatic heterocycles. The third kappa shape index (κ3) is 2.69. The number of hydrogen-bond acceptors (Lipinski definition) is 2. The van der Waals surface area contributed by atoms with Crippen LogP contribution in [0.3, 0.4) is 0 Å². The van der Waals surface area contributed by atoms with Crippen LogP contribution in [0.25, 0.3) is 0 Å². The van der Waals surface area contributed by atoms with Crippen LogP contribution in [0.2, 0.25) is 0 Å². The number of allylic oxidation sites excluding steroid dienone is 1. The van der Waals surface area contributed by atoms with Crippen molar-refractivity contribution in [2.45, 2.75) is 31.8 Å². The van der Waals surface area contributed by atoms with Gasteiger partial charge in [0.2, 0.25) is 0 Å². The SMILES string of the molecule is OC1C=C(Cc2cc(Br)cs2)CCC1. The zero-order valence-electron chi connectivity index (χ0n) is 7.87. The molecule has 0 saturated carbocycles. The molecule has 1 aliphatic rings. The van der Waals surface area contributed by atoms with Crippen molar-refractivity contribution in [1.29, 1.82) is 0 Å². The van der Waals surface area contributed by atoms with Gasteiger partial charge in [-0.05, 0) is 41.3 Å². The highest BCUT2D eigenvalue weighted by molar-refractivity contribution is 9.10. The van der Waals surface area contributed by atoms with E-state index in [2.05, 4.69) is 27.4 Å². The van der Waals surface area contributed by atoms with E-state index in [1.165, 1.54) is 10.5 Å². The summed E-state index contributed by atoms with van der Waals surface area (Å²) in [7, 11) is 0. The largest absolute Gasteiger partial charge is 0.389 e. The molecule has 1 aliphatic carbocycles. The Labute approximate surface area is 96.6 Å². The van der Waals surface area contributed by atoms with Crippen molar-refractivity contribution in [3.05, 3.63) is 32.4 Å². The highest BCUT2D eigenvalue weighted by Gasteiger charge is 2.11. The van der Waals surface area contributed by atoms with Gasteiger partial charge in [-0.1, -0.05) is 11.6 Å². The number of rotatable bonds is 2. The number of aliphatic hydroxyl groups is 1. The molecule has 0 aromatic carbocycles. The van der Waals surface area contributed by atoms with Crippen LogP contribution < -0.4 is 0 Å². The zero-order valence-corrected chi connectivity index (χ0v) is 10.3. The summed E-state index contributed by atoms with van der Waals surface area (Å²) in [6.45, 7) is 0. The molecule has 2 rings (SSSR count). The third-order valence-electron chi connectivity index (χ3n) is 2.45. The lowest BCUT2D eigenvalue weighted by molar-refractivity contribution is 0.202. The summed E-state index contributed by atoms with van der Waals surface area (Å²) in [5, 5.41) is 11.6. The van der Waals surface area contributed by atoms with Crippen LogP contribution in [0.1, 0.15) is 24.1 Å². The molecule has 0 fully saturated rings. The van der Waals surface area contributed by atoms with Crippen LogP contribution in [-0.2, 0) is 6.42 Å². The van der Waals surface area contributed by atoms with Gasteiger partial charge < -0.3 is 5.11 Å². The number of halogens is 1. The van der Waals surface area contributed by atoms with Crippen molar-refractivity contribution < 1.29 is 5.11 Å². The summed E-state index contributed by atoms with van der Waals surface area (Å²) in [6.07, 6.45) is 6.02. The number of aliphatic hydroxyl groups excluding tert-OH is 1. The van der Waals surface area contributed by atoms with Gasteiger partial charge in [0.05, 0.1) is 6.10 Å².